The Bertz CT molecular complexity index is 636. The van der Waals surface area contributed by atoms with Crippen LogP contribution in [-0.2, 0) is 19.9 Å². The van der Waals surface area contributed by atoms with E-state index in [1.807, 2.05) is 0 Å². The zero-order valence-electron chi connectivity index (χ0n) is 10.2. The van der Waals surface area contributed by atoms with Crippen LogP contribution in [0.4, 0.5) is 0 Å². The van der Waals surface area contributed by atoms with Gasteiger partial charge in [-0.3, -0.25) is 0 Å². The van der Waals surface area contributed by atoms with Gasteiger partial charge in [-0.25, -0.2) is 21.6 Å². The molecule has 1 rings (SSSR count). The highest BCUT2D eigenvalue weighted by atomic mass is 32.2. The Morgan fingerprint density at radius 1 is 1.22 bits per heavy atom. The van der Waals surface area contributed by atoms with Crippen molar-refractivity contribution in [2.45, 2.75) is 16.7 Å². The maximum atomic E-state index is 11.9. The highest BCUT2D eigenvalue weighted by Crippen LogP contribution is 2.19. The average Bonchev–Trinajstić information content (AvgIpc) is 2.25. The second-order valence-corrected chi connectivity index (χ2v) is 7.64. The van der Waals surface area contributed by atoms with E-state index in [1.165, 1.54) is 12.1 Å². The van der Waals surface area contributed by atoms with Crippen LogP contribution in [0, 0.1) is 6.92 Å². The fourth-order valence-corrected chi connectivity index (χ4v) is 3.41. The molecule has 0 unspecified atom stereocenters. The van der Waals surface area contributed by atoms with E-state index >= 15 is 0 Å². The van der Waals surface area contributed by atoms with Crippen LogP contribution in [0.1, 0.15) is 5.56 Å². The summed E-state index contributed by atoms with van der Waals surface area (Å²) in [7, 11) is -7.17. The number of hydrogen-bond acceptors (Lipinski definition) is 5. The van der Waals surface area contributed by atoms with Gasteiger partial charge in [-0.15, -0.1) is 0 Å². The third-order valence-corrected chi connectivity index (χ3v) is 5.03. The predicted octanol–water partition coefficient (Wildman–Crippen LogP) is -0.364. The number of sulfone groups is 1. The minimum atomic E-state index is -3.73. The molecule has 0 fully saturated rings. The molecule has 0 radical (unpaired) electrons. The topological polar surface area (TPSA) is 106 Å². The first kappa shape index (κ1) is 15.1. The Morgan fingerprint density at radius 2 is 1.83 bits per heavy atom. The van der Waals surface area contributed by atoms with E-state index in [1.54, 1.807) is 6.92 Å². The minimum absolute atomic E-state index is 0.0266. The van der Waals surface area contributed by atoms with Gasteiger partial charge in [0.05, 0.1) is 9.79 Å². The number of nitrogens with two attached hydrogens (primary N) is 1. The molecule has 0 atom stereocenters. The summed E-state index contributed by atoms with van der Waals surface area (Å²) >= 11 is 0. The van der Waals surface area contributed by atoms with E-state index in [4.69, 9.17) is 5.73 Å². The standard InChI is InChI=1S/C10H16N2O4S2/c1-8-3-4-9(17(2,13)14)7-10(8)18(15,16)12-6-5-11/h3-4,7,12H,5-6,11H2,1-2H3. The van der Waals surface area contributed by atoms with E-state index in [0.29, 0.717) is 5.56 Å². The van der Waals surface area contributed by atoms with Crippen molar-refractivity contribution in [2.24, 2.45) is 5.73 Å². The molecule has 1 aromatic carbocycles. The Balaban J connectivity index is 3.33. The van der Waals surface area contributed by atoms with Gasteiger partial charge in [-0.05, 0) is 24.6 Å². The summed E-state index contributed by atoms with van der Waals surface area (Å²) in [6.45, 7) is 1.87. The van der Waals surface area contributed by atoms with E-state index in [0.717, 1.165) is 12.3 Å². The smallest absolute Gasteiger partial charge is 0.240 e. The summed E-state index contributed by atoms with van der Waals surface area (Å²) in [4.78, 5) is -0.0694. The maximum absolute atomic E-state index is 11.9. The molecule has 0 spiro atoms. The SMILES string of the molecule is Cc1ccc(S(C)(=O)=O)cc1S(=O)(=O)NCCN. The summed E-state index contributed by atoms with van der Waals surface area (Å²) < 4.78 is 49.0. The molecule has 8 heteroatoms. The first-order valence-electron chi connectivity index (χ1n) is 5.19. The average molecular weight is 292 g/mol. The van der Waals surface area contributed by atoms with Gasteiger partial charge in [0.1, 0.15) is 0 Å². The van der Waals surface area contributed by atoms with Crippen molar-refractivity contribution in [3.8, 4) is 0 Å². The second kappa shape index (κ2) is 5.35. The molecule has 0 aliphatic carbocycles. The van der Waals surface area contributed by atoms with Crippen LogP contribution in [0.5, 0.6) is 0 Å². The molecule has 102 valence electrons. The maximum Gasteiger partial charge on any atom is 0.240 e. The molecular weight excluding hydrogens is 276 g/mol. The predicted molar refractivity (Wildman–Crippen MR) is 68.5 cm³/mol. The number of hydrogen-bond donors (Lipinski definition) is 2. The largest absolute Gasteiger partial charge is 0.329 e. The molecule has 18 heavy (non-hydrogen) atoms. The Kier molecular flexibility index (Phi) is 4.49. The highest BCUT2D eigenvalue weighted by Gasteiger charge is 2.19. The van der Waals surface area contributed by atoms with Crippen LogP contribution in [0.25, 0.3) is 0 Å². The molecule has 0 aliphatic heterocycles. The van der Waals surface area contributed by atoms with E-state index in [2.05, 4.69) is 4.72 Å². The molecule has 0 aromatic heterocycles. The van der Waals surface area contributed by atoms with E-state index < -0.39 is 19.9 Å². The van der Waals surface area contributed by atoms with Gasteiger partial charge in [0, 0.05) is 19.3 Å². The van der Waals surface area contributed by atoms with Crippen LogP contribution < -0.4 is 10.5 Å². The van der Waals surface area contributed by atoms with Crippen LogP contribution in [-0.4, -0.2) is 36.2 Å². The molecule has 0 saturated heterocycles. The zero-order valence-corrected chi connectivity index (χ0v) is 11.8. The molecule has 0 saturated carbocycles. The van der Waals surface area contributed by atoms with Gasteiger partial charge in [0.25, 0.3) is 0 Å². The lowest BCUT2D eigenvalue weighted by atomic mass is 10.2. The van der Waals surface area contributed by atoms with Crippen molar-refractivity contribution in [2.75, 3.05) is 19.3 Å². The minimum Gasteiger partial charge on any atom is -0.329 e. The van der Waals surface area contributed by atoms with Crippen molar-refractivity contribution < 1.29 is 16.8 Å². The zero-order chi connectivity index (χ0) is 14.0. The normalized spacial score (nSPS) is 12.6. The van der Waals surface area contributed by atoms with Gasteiger partial charge in [-0.1, -0.05) is 6.07 Å². The molecular formula is C10H16N2O4S2. The third kappa shape index (κ3) is 3.52. The lowest BCUT2D eigenvalue weighted by Gasteiger charge is -2.10. The summed E-state index contributed by atoms with van der Waals surface area (Å²) in [6.07, 6.45) is 1.03. The Labute approximate surface area is 107 Å². The van der Waals surface area contributed by atoms with Gasteiger partial charge in [-0.2, -0.15) is 0 Å². The summed E-state index contributed by atoms with van der Waals surface area (Å²) in [5, 5.41) is 0. The molecule has 3 N–H and O–H groups in total. The van der Waals surface area contributed by atoms with E-state index in [-0.39, 0.29) is 22.9 Å². The number of nitrogens with one attached hydrogen (secondary N) is 1. The number of aryl methyl sites for hydroxylation is 1. The second-order valence-electron chi connectivity index (χ2n) is 3.89. The molecule has 0 amide bonds. The quantitative estimate of drug-likeness (QED) is 0.770. The molecule has 0 heterocycles. The molecule has 0 bridgehead atoms. The van der Waals surface area contributed by atoms with Crippen LogP contribution in [0.15, 0.2) is 28.0 Å². The van der Waals surface area contributed by atoms with Crippen molar-refractivity contribution in [1.29, 1.82) is 0 Å². The Hall–Kier alpha value is -0.960. The molecule has 1 aromatic rings. The summed E-state index contributed by atoms with van der Waals surface area (Å²) in [6, 6.07) is 4.00. The first-order chi connectivity index (χ1) is 8.18. The monoisotopic (exact) mass is 292 g/mol. The van der Waals surface area contributed by atoms with Gasteiger partial charge >= 0.3 is 0 Å². The van der Waals surface area contributed by atoms with E-state index in [9.17, 15) is 16.8 Å². The first-order valence-corrected chi connectivity index (χ1v) is 8.56. The summed E-state index contributed by atoms with van der Waals surface area (Å²) in [5.41, 5.74) is 5.71. The van der Waals surface area contributed by atoms with Gasteiger partial charge in [0.2, 0.25) is 10.0 Å². The lowest BCUT2D eigenvalue weighted by molar-refractivity contribution is 0.581. The van der Waals surface area contributed by atoms with Crippen LogP contribution in [0.3, 0.4) is 0 Å². The Morgan fingerprint density at radius 3 is 2.33 bits per heavy atom. The van der Waals surface area contributed by atoms with Crippen LogP contribution in [0.2, 0.25) is 0 Å². The number of sulfonamides is 1. The number of rotatable bonds is 5. The van der Waals surface area contributed by atoms with Crippen molar-refractivity contribution in [1.82, 2.24) is 4.72 Å². The molecule has 0 aliphatic rings. The lowest BCUT2D eigenvalue weighted by Crippen LogP contribution is -2.29. The van der Waals surface area contributed by atoms with Crippen molar-refractivity contribution >= 4 is 19.9 Å². The fourth-order valence-electron chi connectivity index (χ4n) is 1.37. The third-order valence-electron chi connectivity index (χ3n) is 2.31. The van der Waals surface area contributed by atoms with Crippen molar-refractivity contribution in [3.05, 3.63) is 23.8 Å². The van der Waals surface area contributed by atoms with Gasteiger partial charge < -0.3 is 5.73 Å². The van der Waals surface area contributed by atoms with Crippen molar-refractivity contribution in [3.63, 3.8) is 0 Å². The van der Waals surface area contributed by atoms with Crippen LogP contribution >= 0.6 is 0 Å². The van der Waals surface area contributed by atoms with Gasteiger partial charge in [0.15, 0.2) is 9.84 Å². The number of benzene rings is 1. The fraction of sp³-hybridized carbons (Fsp3) is 0.400. The molecule has 6 nitrogen and oxygen atoms in total. The highest BCUT2D eigenvalue weighted by molar-refractivity contribution is 7.91. The summed E-state index contributed by atoms with van der Waals surface area (Å²) in [5.74, 6) is 0.